The Morgan fingerprint density at radius 1 is 0.829 bits per heavy atom. The van der Waals surface area contributed by atoms with E-state index in [9.17, 15) is 36.2 Å². The van der Waals surface area contributed by atoms with Crippen LogP contribution in [0.4, 0.5) is 26.3 Å². The highest BCUT2D eigenvalue weighted by Gasteiger charge is 2.71. The maximum absolute atomic E-state index is 13.4. The van der Waals surface area contributed by atoms with Gasteiger partial charge in [0.25, 0.3) is 11.2 Å². The second-order valence-electron chi connectivity index (χ2n) is 7.72. The third-order valence-corrected chi connectivity index (χ3v) is 5.80. The van der Waals surface area contributed by atoms with Gasteiger partial charge in [-0.15, -0.1) is 0 Å². The van der Waals surface area contributed by atoms with Crippen molar-refractivity contribution in [3.8, 4) is 5.69 Å². The first kappa shape index (κ1) is 24.7. The Balaban J connectivity index is 1.92. The molecule has 3 aromatic carbocycles. The van der Waals surface area contributed by atoms with Crippen molar-refractivity contribution in [2.45, 2.75) is 24.4 Å². The lowest BCUT2D eigenvalue weighted by molar-refractivity contribution is -0.376. The third kappa shape index (κ3) is 4.28. The summed E-state index contributed by atoms with van der Waals surface area (Å²) in [4.78, 5) is 17.9. The quantitative estimate of drug-likeness (QED) is 0.344. The largest absolute Gasteiger partial charge is 0.430 e. The van der Waals surface area contributed by atoms with Crippen molar-refractivity contribution in [3.05, 3.63) is 105 Å². The van der Waals surface area contributed by atoms with Crippen molar-refractivity contribution < 1.29 is 31.4 Å². The van der Waals surface area contributed by atoms with E-state index >= 15 is 0 Å². The molecule has 0 fully saturated rings. The molecule has 4 aromatic rings. The Morgan fingerprint density at radius 3 is 2.00 bits per heavy atom. The smallest absolute Gasteiger partial charge is 0.369 e. The maximum atomic E-state index is 13.4. The summed E-state index contributed by atoms with van der Waals surface area (Å²) in [7, 11) is 0. The number of fused-ring (bicyclic) bond motifs is 1. The van der Waals surface area contributed by atoms with Crippen LogP contribution < -0.4 is 5.56 Å². The van der Waals surface area contributed by atoms with E-state index in [2.05, 4.69) is 4.98 Å². The molecule has 0 aliphatic rings. The Bertz CT molecular complexity index is 1420. The predicted molar refractivity (Wildman–Crippen MR) is 118 cm³/mol. The molecule has 0 radical (unpaired) electrons. The van der Waals surface area contributed by atoms with E-state index in [4.69, 9.17) is 11.6 Å². The first-order valence-corrected chi connectivity index (χ1v) is 10.4. The van der Waals surface area contributed by atoms with E-state index in [0.717, 1.165) is 22.3 Å². The van der Waals surface area contributed by atoms with Crippen LogP contribution in [-0.4, -0.2) is 27.0 Å². The van der Waals surface area contributed by atoms with Crippen molar-refractivity contribution >= 4 is 22.5 Å². The van der Waals surface area contributed by atoms with Gasteiger partial charge < -0.3 is 5.11 Å². The SMILES string of the molecule is O=c1c2c(Cl)cccc2nc(Cc2ccccc2)n1-c1ccc(C(O)(C(F)(F)F)C(F)(F)F)cc1. The van der Waals surface area contributed by atoms with Gasteiger partial charge in [-0.1, -0.05) is 60.1 Å². The van der Waals surface area contributed by atoms with Gasteiger partial charge in [-0.3, -0.25) is 9.36 Å². The average molecular weight is 513 g/mol. The highest BCUT2D eigenvalue weighted by Crippen LogP contribution is 2.50. The number of rotatable bonds is 4. The molecule has 1 N–H and O–H groups in total. The van der Waals surface area contributed by atoms with Crippen LogP contribution in [0.5, 0.6) is 0 Å². The molecule has 4 nitrogen and oxygen atoms in total. The molecule has 0 amide bonds. The van der Waals surface area contributed by atoms with Crippen LogP contribution >= 0.6 is 11.6 Å². The van der Waals surface area contributed by atoms with Gasteiger partial charge in [-0.2, -0.15) is 26.3 Å². The van der Waals surface area contributed by atoms with Gasteiger partial charge in [0, 0.05) is 12.0 Å². The molecule has 11 heteroatoms. The lowest BCUT2D eigenvalue weighted by atomic mass is 9.92. The minimum absolute atomic E-state index is 0.0390. The zero-order chi connectivity index (χ0) is 25.6. The van der Waals surface area contributed by atoms with Crippen molar-refractivity contribution in [1.82, 2.24) is 9.55 Å². The summed E-state index contributed by atoms with van der Waals surface area (Å²) in [5.74, 6) is 0.186. The first-order valence-electron chi connectivity index (χ1n) is 10.1. The fourth-order valence-electron chi connectivity index (χ4n) is 3.74. The number of benzene rings is 3. The molecular formula is C24H15ClF6N2O2. The molecule has 0 saturated heterocycles. The number of hydrogen-bond donors (Lipinski definition) is 1. The van der Waals surface area contributed by atoms with Crippen molar-refractivity contribution in [3.63, 3.8) is 0 Å². The highest BCUT2D eigenvalue weighted by molar-refractivity contribution is 6.35. The van der Waals surface area contributed by atoms with Gasteiger partial charge in [0.1, 0.15) is 5.82 Å². The number of aliphatic hydroxyl groups is 1. The third-order valence-electron chi connectivity index (χ3n) is 5.49. The average Bonchev–Trinajstić information content (AvgIpc) is 2.78. The van der Waals surface area contributed by atoms with E-state index in [1.165, 1.54) is 6.07 Å². The van der Waals surface area contributed by atoms with Gasteiger partial charge in [0.15, 0.2) is 0 Å². The first-order chi connectivity index (χ1) is 16.3. The molecule has 1 heterocycles. The van der Waals surface area contributed by atoms with Crippen molar-refractivity contribution in [1.29, 1.82) is 0 Å². The van der Waals surface area contributed by atoms with Gasteiger partial charge in [-0.25, -0.2) is 4.98 Å². The summed E-state index contributed by atoms with van der Waals surface area (Å²) in [5.41, 5.74) is -6.18. The Hall–Kier alpha value is -3.37. The number of halogens is 7. The summed E-state index contributed by atoms with van der Waals surface area (Å²) in [6, 6.07) is 16.2. The van der Waals surface area contributed by atoms with Crippen molar-refractivity contribution in [2.75, 3.05) is 0 Å². The number of aromatic nitrogens is 2. The molecule has 4 rings (SSSR count). The van der Waals surface area contributed by atoms with Crippen LogP contribution in [0.1, 0.15) is 17.0 Å². The lowest BCUT2D eigenvalue weighted by Crippen LogP contribution is -2.53. The summed E-state index contributed by atoms with van der Waals surface area (Å²) in [6.45, 7) is 0. The molecule has 0 spiro atoms. The van der Waals surface area contributed by atoms with Gasteiger partial charge in [0.2, 0.25) is 0 Å². The molecule has 0 aliphatic heterocycles. The Kier molecular flexibility index (Phi) is 6.14. The standard InChI is InChI=1S/C24H15ClF6N2O2/c25-17-7-4-8-18-20(17)21(34)33(19(32-18)13-14-5-2-1-3-6-14)16-11-9-15(10-12-16)22(35,23(26,27)28)24(29,30)31/h1-12,35H,13H2. The Labute approximate surface area is 199 Å². The van der Waals surface area contributed by atoms with Gasteiger partial charge in [0.05, 0.1) is 21.6 Å². The van der Waals surface area contributed by atoms with E-state index in [1.807, 2.05) is 0 Å². The molecule has 0 aliphatic carbocycles. The topological polar surface area (TPSA) is 55.1 Å². The minimum Gasteiger partial charge on any atom is -0.369 e. The fourth-order valence-corrected chi connectivity index (χ4v) is 3.99. The van der Waals surface area contributed by atoms with Gasteiger partial charge in [-0.05, 0) is 29.8 Å². The molecule has 0 bridgehead atoms. The van der Waals surface area contributed by atoms with Crippen LogP contribution in [0.25, 0.3) is 16.6 Å². The fraction of sp³-hybridized carbons (Fsp3) is 0.167. The van der Waals surface area contributed by atoms with Crippen LogP contribution in [0.2, 0.25) is 5.02 Å². The predicted octanol–water partition coefficient (Wildman–Crippen LogP) is 5.94. The van der Waals surface area contributed by atoms with E-state index < -0.39 is 29.1 Å². The van der Waals surface area contributed by atoms with Gasteiger partial charge >= 0.3 is 12.4 Å². The molecule has 35 heavy (non-hydrogen) atoms. The highest BCUT2D eigenvalue weighted by atomic mass is 35.5. The molecule has 1 aromatic heterocycles. The maximum Gasteiger partial charge on any atom is 0.430 e. The summed E-state index contributed by atoms with van der Waals surface area (Å²) in [6.07, 6.45) is -11.9. The number of hydrogen-bond acceptors (Lipinski definition) is 3. The zero-order valence-electron chi connectivity index (χ0n) is 17.5. The van der Waals surface area contributed by atoms with Crippen LogP contribution in [0.15, 0.2) is 77.6 Å². The summed E-state index contributed by atoms with van der Waals surface area (Å²) >= 11 is 6.18. The molecule has 182 valence electrons. The number of alkyl halides is 6. The van der Waals surface area contributed by atoms with Crippen LogP contribution in [-0.2, 0) is 12.0 Å². The molecule has 0 saturated carbocycles. The summed E-state index contributed by atoms with van der Waals surface area (Å²) < 4.78 is 80.6. The number of nitrogens with zero attached hydrogens (tertiary/aromatic N) is 2. The lowest BCUT2D eigenvalue weighted by Gasteiger charge is -2.32. The summed E-state index contributed by atoms with van der Waals surface area (Å²) in [5, 5.41) is 9.77. The minimum atomic E-state index is -6.03. The monoisotopic (exact) mass is 512 g/mol. The second kappa shape index (κ2) is 8.69. The van der Waals surface area contributed by atoms with Crippen LogP contribution in [0.3, 0.4) is 0 Å². The molecule has 0 unspecified atom stereocenters. The van der Waals surface area contributed by atoms with Crippen molar-refractivity contribution in [2.24, 2.45) is 0 Å². The zero-order valence-corrected chi connectivity index (χ0v) is 18.3. The van der Waals surface area contributed by atoms with E-state index in [0.29, 0.717) is 12.1 Å². The molecular weight excluding hydrogens is 498 g/mol. The normalized spacial score (nSPS) is 12.8. The second-order valence-corrected chi connectivity index (χ2v) is 8.12. The van der Waals surface area contributed by atoms with E-state index in [-0.39, 0.29) is 33.9 Å². The van der Waals surface area contributed by atoms with Crippen LogP contribution in [0, 0.1) is 0 Å². The Morgan fingerprint density at radius 2 is 1.43 bits per heavy atom. The molecule has 0 atom stereocenters. The van der Waals surface area contributed by atoms with E-state index in [1.54, 1.807) is 42.5 Å².